The summed E-state index contributed by atoms with van der Waals surface area (Å²) in [6, 6.07) is 2.01. The van der Waals surface area contributed by atoms with E-state index in [9.17, 15) is 0 Å². The van der Waals surface area contributed by atoms with Crippen molar-refractivity contribution >= 4 is 39.9 Å². The minimum absolute atomic E-state index is 0.225. The highest BCUT2D eigenvalue weighted by Crippen LogP contribution is 2.24. The Labute approximate surface area is 119 Å². The fourth-order valence-electron chi connectivity index (χ4n) is 1.82. The maximum atomic E-state index is 5.99. The van der Waals surface area contributed by atoms with Gasteiger partial charge in [-0.3, -0.25) is 4.57 Å². The molecule has 0 aromatic carbocycles. The van der Waals surface area contributed by atoms with Gasteiger partial charge in [-0.05, 0) is 29.5 Å². The quantitative estimate of drug-likeness (QED) is 0.750. The standard InChI is InChI=1S/C12H12ClN5S/c1-2-4-14-10-9-11(17-12(13)16-10)18(7-15-9)8-3-5-19-6-8/h3,5-7H,2,4H2,1H3,(H,14,16,17). The number of imidazole rings is 1. The Balaban J connectivity index is 2.15. The van der Waals surface area contributed by atoms with Gasteiger partial charge in [-0.2, -0.15) is 21.3 Å². The Morgan fingerprint density at radius 1 is 1.42 bits per heavy atom. The number of nitrogens with one attached hydrogen (secondary N) is 1. The molecule has 0 saturated heterocycles. The van der Waals surface area contributed by atoms with Crippen LogP contribution in [-0.4, -0.2) is 26.1 Å². The minimum Gasteiger partial charge on any atom is -0.368 e. The first-order chi connectivity index (χ1) is 9.29. The second kappa shape index (κ2) is 5.14. The SMILES string of the molecule is CCCNc1nc(Cl)nc2c1ncn2-c1ccsc1. The van der Waals surface area contributed by atoms with Gasteiger partial charge >= 0.3 is 0 Å². The monoisotopic (exact) mass is 293 g/mol. The summed E-state index contributed by atoms with van der Waals surface area (Å²) >= 11 is 7.62. The van der Waals surface area contributed by atoms with Crippen molar-refractivity contribution in [3.63, 3.8) is 0 Å². The van der Waals surface area contributed by atoms with Gasteiger partial charge in [0.05, 0.1) is 5.69 Å². The topological polar surface area (TPSA) is 55.6 Å². The molecule has 0 aliphatic carbocycles. The lowest BCUT2D eigenvalue weighted by Gasteiger charge is -2.05. The van der Waals surface area contributed by atoms with E-state index < -0.39 is 0 Å². The molecule has 3 heterocycles. The first kappa shape index (κ1) is 12.4. The van der Waals surface area contributed by atoms with Crippen molar-refractivity contribution in [2.45, 2.75) is 13.3 Å². The number of halogens is 1. The van der Waals surface area contributed by atoms with Gasteiger partial charge in [-0.25, -0.2) is 4.98 Å². The average molecular weight is 294 g/mol. The number of thiophene rings is 1. The normalized spacial score (nSPS) is 11.1. The van der Waals surface area contributed by atoms with Gasteiger partial charge in [-0.1, -0.05) is 6.92 Å². The van der Waals surface area contributed by atoms with Crippen LogP contribution in [0.4, 0.5) is 5.82 Å². The van der Waals surface area contributed by atoms with E-state index in [1.165, 1.54) is 0 Å². The van der Waals surface area contributed by atoms with Crippen LogP contribution in [0.1, 0.15) is 13.3 Å². The van der Waals surface area contributed by atoms with E-state index in [0.717, 1.165) is 29.8 Å². The summed E-state index contributed by atoms with van der Waals surface area (Å²) in [4.78, 5) is 12.9. The van der Waals surface area contributed by atoms with E-state index in [2.05, 4.69) is 27.2 Å². The van der Waals surface area contributed by atoms with Crippen LogP contribution in [0.5, 0.6) is 0 Å². The van der Waals surface area contributed by atoms with Gasteiger partial charge in [0, 0.05) is 11.9 Å². The Morgan fingerprint density at radius 3 is 3.05 bits per heavy atom. The summed E-state index contributed by atoms with van der Waals surface area (Å²) < 4.78 is 1.91. The molecule has 0 bridgehead atoms. The Kier molecular flexibility index (Phi) is 3.35. The van der Waals surface area contributed by atoms with Gasteiger partial charge in [-0.15, -0.1) is 0 Å². The van der Waals surface area contributed by atoms with E-state index in [0.29, 0.717) is 5.82 Å². The van der Waals surface area contributed by atoms with Crippen LogP contribution in [0.15, 0.2) is 23.2 Å². The van der Waals surface area contributed by atoms with Crippen molar-refractivity contribution in [2.75, 3.05) is 11.9 Å². The molecule has 7 heteroatoms. The van der Waals surface area contributed by atoms with Gasteiger partial charge in [0.25, 0.3) is 0 Å². The van der Waals surface area contributed by atoms with E-state index >= 15 is 0 Å². The Bertz CT molecular complexity index is 692. The molecular formula is C12H12ClN5S. The third kappa shape index (κ3) is 2.29. The second-order valence-corrected chi connectivity index (χ2v) is 5.15. The fourth-order valence-corrected chi connectivity index (χ4v) is 2.62. The van der Waals surface area contributed by atoms with Crippen molar-refractivity contribution in [1.29, 1.82) is 0 Å². The van der Waals surface area contributed by atoms with Crippen molar-refractivity contribution in [3.05, 3.63) is 28.4 Å². The predicted octanol–water partition coefficient (Wildman–Crippen LogP) is 3.35. The third-order valence-electron chi connectivity index (χ3n) is 2.70. The van der Waals surface area contributed by atoms with Gasteiger partial charge in [0.2, 0.25) is 5.28 Å². The van der Waals surface area contributed by atoms with Crippen molar-refractivity contribution < 1.29 is 0 Å². The van der Waals surface area contributed by atoms with Crippen LogP contribution in [0.2, 0.25) is 5.28 Å². The molecule has 0 saturated carbocycles. The molecular weight excluding hydrogens is 282 g/mol. The van der Waals surface area contributed by atoms with Crippen LogP contribution in [0, 0.1) is 0 Å². The molecule has 3 aromatic heterocycles. The zero-order valence-electron chi connectivity index (χ0n) is 10.3. The maximum Gasteiger partial charge on any atom is 0.226 e. The lowest BCUT2D eigenvalue weighted by Crippen LogP contribution is -2.04. The van der Waals surface area contributed by atoms with Gasteiger partial charge < -0.3 is 5.32 Å². The summed E-state index contributed by atoms with van der Waals surface area (Å²) in [5.74, 6) is 0.686. The first-order valence-electron chi connectivity index (χ1n) is 5.96. The Hall–Kier alpha value is -1.66. The summed E-state index contributed by atoms with van der Waals surface area (Å²) in [5, 5.41) is 7.51. The van der Waals surface area contributed by atoms with Crippen molar-refractivity contribution in [1.82, 2.24) is 19.5 Å². The predicted molar refractivity (Wildman–Crippen MR) is 78.3 cm³/mol. The molecule has 0 radical (unpaired) electrons. The molecule has 98 valence electrons. The van der Waals surface area contributed by atoms with Gasteiger partial charge in [0.15, 0.2) is 17.0 Å². The number of aromatic nitrogens is 4. The van der Waals surface area contributed by atoms with Crippen LogP contribution >= 0.6 is 22.9 Å². The number of anilines is 1. The molecule has 0 aliphatic rings. The van der Waals surface area contributed by atoms with E-state index in [1.54, 1.807) is 17.7 Å². The average Bonchev–Trinajstić information content (AvgIpc) is 3.03. The fraction of sp³-hybridized carbons (Fsp3) is 0.250. The lowest BCUT2D eigenvalue weighted by molar-refractivity contribution is 0.968. The lowest BCUT2D eigenvalue weighted by atomic mass is 10.4. The van der Waals surface area contributed by atoms with E-state index in [-0.39, 0.29) is 5.28 Å². The molecule has 0 unspecified atom stereocenters. The molecule has 3 aromatic rings. The number of nitrogens with zero attached hydrogens (tertiary/aromatic N) is 4. The minimum atomic E-state index is 0.225. The molecule has 0 amide bonds. The van der Waals surface area contributed by atoms with Crippen molar-refractivity contribution in [2.24, 2.45) is 0 Å². The highest BCUT2D eigenvalue weighted by Gasteiger charge is 2.13. The van der Waals surface area contributed by atoms with E-state index in [4.69, 9.17) is 11.6 Å². The van der Waals surface area contributed by atoms with Crippen LogP contribution in [0.3, 0.4) is 0 Å². The van der Waals surface area contributed by atoms with Crippen LogP contribution in [-0.2, 0) is 0 Å². The zero-order valence-corrected chi connectivity index (χ0v) is 11.9. The molecule has 0 spiro atoms. The molecule has 0 aliphatic heterocycles. The summed E-state index contributed by atoms with van der Waals surface area (Å²) in [6.45, 7) is 2.92. The Morgan fingerprint density at radius 2 is 2.32 bits per heavy atom. The van der Waals surface area contributed by atoms with Crippen molar-refractivity contribution in [3.8, 4) is 5.69 Å². The third-order valence-corrected chi connectivity index (χ3v) is 3.54. The number of fused-ring (bicyclic) bond motifs is 1. The number of hydrogen-bond donors (Lipinski definition) is 1. The maximum absolute atomic E-state index is 5.99. The largest absolute Gasteiger partial charge is 0.368 e. The molecule has 3 rings (SSSR count). The summed E-state index contributed by atoms with van der Waals surface area (Å²) in [5.41, 5.74) is 2.49. The molecule has 5 nitrogen and oxygen atoms in total. The highest BCUT2D eigenvalue weighted by molar-refractivity contribution is 7.08. The second-order valence-electron chi connectivity index (χ2n) is 4.04. The molecule has 0 fully saturated rings. The van der Waals surface area contributed by atoms with Gasteiger partial charge in [0.1, 0.15) is 6.33 Å². The molecule has 19 heavy (non-hydrogen) atoms. The highest BCUT2D eigenvalue weighted by atomic mass is 35.5. The summed E-state index contributed by atoms with van der Waals surface area (Å²) in [6.07, 6.45) is 2.75. The number of hydrogen-bond acceptors (Lipinski definition) is 5. The molecule has 0 atom stereocenters. The van der Waals surface area contributed by atoms with Crippen LogP contribution < -0.4 is 5.32 Å². The summed E-state index contributed by atoms with van der Waals surface area (Å²) in [7, 11) is 0. The molecule has 1 N–H and O–H groups in total. The zero-order chi connectivity index (χ0) is 13.2. The smallest absolute Gasteiger partial charge is 0.226 e. The first-order valence-corrected chi connectivity index (χ1v) is 7.28. The van der Waals surface area contributed by atoms with Crippen LogP contribution in [0.25, 0.3) is 16.9 Å². The number of rotatable bonds is 4. The van der Waals surface area contributed by atoms with E-state index in [1.807, 2.05) is 21.4 Å².